The molecule has 0 unspecified atom stereocenters. The molecular formula is C23H26N4O. The van der Waals surface area contributed by atoms with Gasteiger partial charge >= 0.3 is 0 Å². The summed E-state index contributed by atoms with van der Waals surface area (Å²) in [5.74, 6) is 0.129. The summed E-state index contributed by atoms with van der Waals surface area (Å²) in [6, 6.07) is 20.3. The SMILES string of the molecule is Cc1cc(N2CCN(CC(=O)N(C)c3ccccc3)CC2)c2ccccc2n1. The molecule has 0 bridgehead atoms. The Balaban J connectivity index is 1.41. The van der Waals surface area contributed by atoms with Gasteiger partial charge in [0.15, 0.2) is 0 Å². The predicted molar refractivity (Wildman–Crippen MR) is 115 cm³/mol. The van der Waals surface area contributed by atoms with E-state index in [0.29, 0.717) is 6.54 Å². The monoisotopic (exact) mass is 374 g/mol. The van der Waals surface area contributed by atoms with Crippen LogP contribution in [0.3, 0.4) is 0 Å². The molecule has 4 rings (SSSR count). The summed E-state index contributed by atoms with van der Waals surface area (Å²) in [7, 11) is 1.85. The number of rotatable bonds is 4. The Kier molecular flexibility index (Phi) is 5.26. The average molecular weight is 374 g/mol. The van der Waals surface area contributed by atoms with Gasteiger partial charge in [-0.05, 0) is 31.2 Å². The Morgan fingerprint density at radius 2 is 1.68 bits per heavy atom. The summed E-state index contributed by atoms with van der Waals surface area (Å²) < 4.78 is 0. The molecule has 0 aliphatic carbocycles. The van der Waals surface area contributed by atoms with Gasteiger partial charge in [0.1, 0.15) is 0 Å². The van der Waals surface area contributed by atoms with Crippen molar-refractivity contribution in [3.05, 3.63) is 66.4 Å². The van der Waals surface area contributed by atoms with Crippen molar-refractivity contribution in [1.82, 2.24) is 9.88 Å². The van der Waals surface area contributed by atoms with Crippen LogP contribution in [0.1, 0.15) is 5.69 Å². The number of aromatic nitrogens is 1. The van der Waals surface area contributed by atoms with Crippen molar-refractivity contribution < 1.29 is 4.79 Å². The van der Waals surface area contributed by atoms with Crippen molar-refractivity contribution in [2.45, 2.75) is 6.92 Å². The van der Waals surface area contributed by atoms with Gasteiger partial charge in [-0.15, -0.1) is 0 Å². The van der Waals surface area contributed by atoms with Crippen LogP contribution in [-0.4, -0.2) is 55.6 Å². The van der Waals surface area contributed by atoms with E-state index in [1.807, 2.05) is 50.4 Å². The van der Waals surface area contributed by atoms with E-state index in [9.17, 15) is 4.79 Å². The molecular weight excluding hydrogens is 348 g/mol. The van der Waals surface area contributed by atoms with E-state index in [1.165, 1.54) is 11.1 Å². The van der Waals surface area contributed by atoms with Crippen LogP contribution in [0.5, 0.6) is 0 Å². The van der Waals surface area contributed by atoms with Crippen LogP contribution < -0.4 is 9.80 Å². The fraction of sp³-hybridized carbons (Fsp3) is 0.304. The number of aryl methyl sites for hydroxylation is 1. The van der Waals surface area contributed by atoms with Gasteiger partial charge in [-0.2, -0.15) is 0 Å². The molecule has 1 aromatic heterocycles. The van der Waals surface area contributed by atoms with Crippen LogP contribution in [0.2, 0.25) is 0 Å². The van der Waals surface area contributed by atoms with Crippen molar-refractivity contribution in [1.29, 1.82) is 0 Å². The summed E-state index contributed by atoms with van der Waals surface area (Å²) in [6.07, 6.45) is 0. The van der Waals surface area contributed by atoms with E-state index in [-0.39, 0.29) is 5.91 Å². The molecule has 2 aromatic carbocycles. The number of carbonyl (C=O) groups is 1. The number of amides is 1. The lowest BCUT2D eigenvalue weighted by molar-refractivity contribution is -0.119. The first kappa shape index (κ1) is 18.4. The second kappa shape index (κ2) is 7.98. The Morgan fingerprint density at radius 1 is 1.00 bits per heavy atom. The maximum Gasteiger partial charge on any atom is 0.240 e. The number of hydrogen-bond donors (Lipinski definition) is 0. The normalized spacial score (nSPS) is 15.0. The number of pyridine rings is 1. The summed E-state index contributed by atoms with van der Waals surface area (Å²) in [5.41, 5.74) is 4.26. The number of carbonyl (C=O) groups excluding carboxylic acids is 1. The summed E-state index contributed by atoms with van der Waals surface area (Å²) in [6.45, 7) is 6.08. The van der Waals surface area contributed by atoms with Crippen LogP contribution in [0, 0.1) is 6.92 Å². The lowest BCUT2D eigenvalue weighted by Gasteiger charge is -2.36. The fourth-order valence-corrected chi connectivity index (χ4v) is 3.79. The van der Waals surface area contributed by atoms with Gasteiger partial charge in [-0.1, -0.05) is 36.4 Å². The van der Waals surface area contributed by atoms with Crippen molar-refractivity contribution >= 4 is 28.2 Å². The number of piperazine rings is 1. The second-order valence-corrected chi connectivity index (χ2v) is 7.35. The third kappa shape index (κ3) is 3.85. The quantitative estimate of drug-likeness (QED) is 0.702. The minimum Gasteiger partial charge on any atom is -0.368 e. The summed E-state index contributed by atoms with van der Waals surface area (Å²) in [5, 5.41) is 1.20. The Hall–Kier alpha value is -2.92. The maximum atomic E-state index is 12.6. The van der Waals surface area contributed by atoms with Gasteiger partial charge in [0, 0.05) is 55.7 Å². The highest BCUT2D eigenvalue weighted by Crippen LogP contribution is 2.27. The standard InChI is InChI=1S/C23H26N4O/c1-18-16-22(20-10-6-7-11-21(20)24-18)27-14-12-26(13-15-27)17-23(28)25(2)19-8-4-3-5-9-19/h3-11,16H,12-15,17H2,1-2H3. The second-order valence-electron chi connectivity index (χ2n) is 7.35. The van der Waals surface area contributed by atoms with E-state index >= 15 is 0 Å². The lowest BCUT2D eigenvalue weighted by atomic mass is 10.1. The average Bonchev–Trinajstić information content (AvgIpc) is 2.73. The molecule has 1 amide bonds. The predicted octanol–water partition coefficient (Wildman–Crippen LogP) is 3.33. The van der Waals surface area contributed by atoms with Crippen molar-refractivity contribution in [2.75, 3.05) is 49.6 Å². The zero-order valence-electron chi connectivity index (χ0n) is 16.5. The van der Waals surface area contributed by atoms with E-state index < -0.39 is 0 Å². The van der Waals surface area contributed by atoms with Gasteiger partial charge in [-0.3, -0.25) is 14.7 Å². The zero-order chi connectivity index (χ0) is 19.5. The molecule has 3 aromatic rings. The van der Waals surface area contributed by atoms with Gasteiger partial charge in [0.2, 0.25) is 5.91 Å². The molecule has 0 radical (unpaired) electrons. The molecule has 5 heteroatoms. The van der Waals surface area contributed by atoms with Crippen LogP contribution in [0.15, 0.2) is 60.7 Å². The third-order valence-corrected chi connectivity index (χ3v) is 5.41. The van der Waals surface area contributed by atoms with Crippen LogP contribution in [-0.2, 0) is 4.79 Å². The first-order valence-corrected chi connectivity index (χ1v) is 9.77. The molecule has 28 heavy (non-hydrogen) atoms. The number of fused-ring (bicyclic) bond motifs is 1. The smallest absolute Gasteiger partial charge is 0.240 e. The first-order chi connectivity index (χ1) is 13.6. The van der Waals surface area contributed by atoms with Crippen molar-refractivity contribution in [2.24, 2.45) is 0 Å². The van der Waals surface area contributed by atoms with E-state index in [2.05, 4.69) is 39.0 Å². The number of benzene rings is 2. The highest BCUT2D eigenvalue weighted by Gasteiger charge is 2.22. The molecule has 1 saturated heterocycles. The maximum absolute atomic E-state index is 12.6. The molecule has 0 atom stereocenters. The van der Waals surface area contributed by atoms with Gasteiger partial charge in [0.05, 0.1) is 12.1 Å². The molecule has 2 heterocycles. The molecule has 0 spiro atoms. The van der Waals surface area contributed by atoms with Crippen molar-refractivity contribution in [3.8, 4) is 0 Å². The molecule has 0 saturated carbocycles. The number of hydrogen-bond acceptors (Lipinski definition) is 4. The molecule has 1 fully saturated rings. The number of anilines is 2. The van der Waals surface area contributed by atoms with Crippen LogP contribution >= 0.6 is 0 Å². The Morgan fingerprint density at radius 3 is 2.43 bits per heavy atom. The molecule has 0 N–H and O–H groups in total. The third-order valence-electron chi connectivity index (χ3n) is 5.41. The first-order valence-electron chi connectivity index (χ1n) is 9.77. The van der Waals surface area contributed by atoms with Gasteiger partial charge in [-0.25, -0.2) is 0 Å². The molecule has 144 valence electrons. The van der Waals surface area contributed by atoms with E-state index in [1.54, 1.807) is 4.90 Å². The topological polar surface area (TPSA) is 39.7 Å². The summed E-state index contributed by atoms with van der Waals surface area (Å²) >= 11 is 0. The minimum absolute atomic E-state index is 0.129. The van der Waals surface area contributed by atoms with Gasteiger partial charge < -0.3 is 9.80 Å². The minimum atomic E-state index is 0.129. The fourth-order valence-electron chi connectivity index (χ4n) is 3.79. The zero-order valence-corrected chi connectivity index (χ0v) is 16.5. The highest BCUT2D eigenvalue weighted by atomic mass is 16.2. The molecule has 1 aliphatic rings. The number of likely N-dealkylation sites (N-methyl/N-ethyl adjacent to an activating group) is 1. The molecule has 1 aliphatic heterocycles. The largest absolute Gasteiger partial charge is 0.368 e. The Labute approximate surface area is 166 Å². The van der Waals surface area contributed by atoms with Crippen molar-refractivity contribution in [3.63, 3.8) is 0 Å². The van der Waals surface area contributed by atoms with E-state index in [0.717, 1.165) is 43.1 Å². The summed E-state index contributed by atoms with van der Waals surface area (Å²) in [4.78, 5) is 23.7. The molecule has 5 nitrogen and oxygen atoms in total. The Bertz CT molecular complexity index is 965. The van der Waals surface area contributed by atoms with Gasteiger partial charge in [0.25, 0.3) is 0 Å². The van der Waals surface area contributed by atoms with Crippen LogP contribution in [0.4, 0.5) is 11.4 Å². The van der Waals surface area contributed by atoms with Crippen LogP contribution in [0.25, 0.3) is 10.9 Å². The van der Waals surface area contributed by atoms with E-state index in [4.69, 9.17) is 0 Å². The lowest BCUT2D eigenvalue weighted by Crippen LogP contribution is -2.49. The highest BCUT2D eigenvalue weighted by molar-refractivity contribution is 5.94. The number of para-hydroxylation sites is 2. The number of nitrogens with zero attached hydrogens (tertiary/aromatic N) is 4.